The lowest BCUT2D eigenvalue weighted by molar-refractivity contribution is 0.411. The normalized spacial score (nSPS) is 11.4. The Kier molecular flexibility index (Phi) is 17.7. The summed E-state index contributed by atoms with van der Waals surface area (Å²) < 4.78 is 0. The van der Waals surface area contributed by atoms with Crippen molar-refractivity contribution in [3.05, 3.63) is 42.3 Å². The minimum absolute atomic E-state index is 0. The molecule has 1 aromatic rings. The van der Waals surface area contributed by atoms with Crippen LogP contribution in [-0.4, -0.2) is 0 Å². The molecule has 0 amide bonds. The molecule has 0 aliphatic carbocycles. The van der Waals surface area contributed by atoms with Gasteiger partial charge >= 0.3 is 0 Å². The maximum Gasteiger partial charge on any atom is -0.0224 e. The first kappa shape index (κ1) is 27.2. The van der Waals surface area contributed by atoms with E-state index < -0.39 is 0 Å². The van der Waals surface area contributed by atoms with Crippen LogP contribution in [0, 0.1) is 11.8 Å². The van der Waals surface area contributed by atoms with Gasteiger partial charge in [0.05, 0.1) is 0 Å². The third kappa shape index (κ3) is 16.2. The van der Waals surface area contributed by atoms with Crippen LogP contribution in [-0.2, 0) is 6.42 Å². The quantitative estimate of drug-likeness (QED) is 0.250. The van der Waals surface area contributed by atoms with Crippen LogP contribution in [0.5, 0.6) is 0 Å². The second-order valence-corrected chi connectivity index (χ2v) is 9.24. The van der Waals surface area contributed by atoms with Gasteiger partial charge < -0.3 is 6.15 Å². The number of benzene rings is 1. The van der Waals surface area contributed by atoms with Crippen LogP contribution >= 0.6 is 0 Å². The van der Waals surface area contributed by atoms with Gasteiger partial charge in [-0.2, -0.15) is 0 Å². The van der Waals surface area contributed by atoms with E-state index >= 15 is 0 Å². The van der Waals surface area contributed by atoms with E-state index in [1.54, 1.807) is 0 Å². The maximum absolute atomic E-state index is 2.56. The van der Waals surface area contributed by atoms with Gasteiger partial charge in [-0.3, -0.25) is 0 Å². The van der Waals surface area contributed by atoms with E-state index in [1.165, 1.54) is 102 Å². The molecule has 0 heterocycles. The number of hydrogen-bond donors (Lipinski definition) is 1. The number of rotatable bonds is 18. The minimum atomic E-state index is 0. The molecule has 0 atom stereocenters. The smallest absolute Gasteiger partial charge is 0.0224 e. The fraction of sp³-hybridized carbons (Fsp3) is 0.741. The summed E-state index contributed by atoms with van der Waals surface area (Å²) in [5.41, 5.74) is 1.78. The Balaban J connectivity index is 0.00000729. The van der Waals surface area contributed by atoms with Crippen LogP contribution < -0.4 is 6.15 Å². The van der Waals surface area contributed by atoms with E-state index in [4.69, 9.17) is 0 Å². The summed E-state index contributed by atoms with van der Waals surface area (Å²) in [6.45, 7) is 7.05. The third-order valence-electron chi connectivity index (χ3n) is 5.76. The van der Waals surface area contributed by atoms with Gasteiger partial charge in [0.15, 0.2) is 0 Å². The van der Waals surface area contributed by atoms with Gasteiger partial charge in [-0.05, 0) is 30.2 Å². The molecule has 0 saturated heterocycles. The van der Waals surface area contributed by atoms with Gasteiger partial charge in [-0.15, -0.1) is 0 Å². The standard InChI is InChI=1S/C27H47.H3N/c1-4-5-6-7-8-9-10-11-12-13-14-15-16-17-21-24-27(2,3)25-26-22-19-18-20-23-26;/h18-20,22-24H,4-17,21,25H2,1-3H3;1H3. The molecule has 0 aliphatic rings. The predicted molar refractivity (Wildman–Crippen MR) is 128 cm³/mol. The summed E-state index contributed by atoms with van der Waals surface area (Å²) in [4.78, 5) is 0. The number of unbranched alkanes of at least 4 members (excludes halogenated alkanes) is 14. The van der Waals surface area contributed by atoms with Crippen LogP contribution in [0.3, 0.4) is 0 Å². The van der Waals surface area contributed by atoms with Gasteiger partial charge in [0, 0.05) is 0 Å². The molecule has 0 aliphatic heterocycles. The zero-order valence-electron chi connectivity index (χ0n) is 19.5. The van der Waals surface area contributed by atoms with Crippen molar-refractivity contribution in [2.24, 2.45) is 5.41 Å². The molecule has 0 fully saturated rings. The molecule has 28 heavy (non-hydrogen) atoms. The Morgan fingerprint density at radius 2 is 1.07 bits per heavy atom. The van der Waals surface area contributed by atoms with Crippen molar-refractivity contribution in [3.63, 3.8) is 0 Å². The lowest BCUT2D eigenvalue weighted by Gasteiger charge is -2.24. The van der Waals surface area contributed by atoms with Crippen molar-refractivity contribution < 1.29 is 0 Å². The van der Waals surface area contributed by atoms with E-state index in [2.05, 4.69) is 57.5 Å². The van der Waals surface area contributed by atoms with Gasteiger partial charge in [-0.1, -0.05) is 141 Å². The molecule has 0 spiro atoms. The highest BCUT2D eigenvalue weighted by Gasteiger charge is 2.17. The zero-order chi connectivity index (χ0) is 19.6. The summed E-state index contributed by atoms with van der Waals surface area (Å²) >= 11 is 0. The Morgan fingerprint density at radius 3 is 1.54 bits per heavy atom. The highest BCUT2D eigenvalue weighted by molar-refractivity contribution is 5.17. The van der Waals surface area contributed by atoms with Crippen LogP contribution in [0.25, 0.3) is 0 Å². The average molecular weight is 389 g/mol. The fourth-order valence-corrected chi connectivity index (χ4v) is 4.03. The third-order valence-corrected chi connectivity index (χ3v) is 5.76. The molecule has 1 rings (SSSR count). The summed E-state index contributed by atoms with van der Waals surface area (Å²) in [5, 5.41) is 0. The number of hydrogen-bond acceptors (Lipinski definition) is 1. The molecule has 0 aromatic heterocycles. The monoisotopic (exact) mass is 388 g/mol. The predicted octanol–water partition coefficient (Wildman–Crippen LogP) is 9.49. The fourth-order valence-electron chi connectivity index (χ4n) is 4.03. The molecule has 1 radical (unpaired) electrons. The van der Waals surface area contributed by atoms with Crippen molar-refractivity contribution in [3.8, 4) is 0 Å². The molecule has 1 nitrogen and oxygen atoms in total. The molecule has 1 heteroatoms. The largest absolute Gasteiger partial charge is 0.344 e. The zero-order valence-corrected chi connectivity index (χ0v) is 19.5. The molecular weight excluding hydrogens is 338 g/mol. The highest BCUT2D eigenvalue weighted by Crippen LogP contribution is 2.27. The highest BCUT2D eigenvalue weighted by atomic mass is 14.2. The molecule has 1 aromatic carbocycles. The summed E-state index contributed by atoms with van der Waals surface area (Å²) in [5.74, 6) is 0. The Bertz CT molecular complexity index is 423. The van der Waals surface area contributed by atoms with Crippen LogP contribution in [0.4, 0.5) is 0 Å². The van der Waals surface area contributed by atoms with Crippen molar-refractivity contribution in [2.45, 2.75) is 124 Å². The van der Waals surface area contributed by atoms with E-state index in [0.29, 0.717) is 5.41 Å². The van der Waals surface area contributed by atoms with Crippen molar-refractivity contribution >= 4 is 0 Å². The van der Waals surface area contributed by atoms with E-state index in [9.17, 15) is 0 Å². The molecule has 163 valence electrons. The van der Waals surface area contributed by atoms with Crippen LogP contribution in [0.2, 0.25) is 0 Å². The summed E-state index contributed by atoms with van der Waals surface area (Å²) in [6, 6.07) is 10.9. The first-order valence-corrected chi connectivity index (χ1v) is 12.0. The minimum Gasteiger partial charge on any atom is -0.344 e. The summed E-state index contributed by atoms with van der Waals surface area (Å²) in [7, 11) is 0. The SMILES string of the molecule is CCCCCCCCCCCCCCCC[CH]C(C)(C)Cc1ccccc1.N. The second kappa shape index (κ2) is 18.2. The van der Waals surface area contributed by atoms with Crippen molar-refractivity contribution in [1.82, 2.24) is 6.15 Å². The Morgan fingerprint density at radius 1 is 0.643 bits per heavy atom. The molecule has 0 unspecified atom stereocenters. The van der Waals surface area contributed by atoms with Crippen LogP contribution in [0.15, 0.2) is 30.3 Å². The average Bonchev–Trinajstić information content (AvgIpc) is 2.65. The van der Waals surface area contributed by atoms with Gasteiger partial charge in [0.25, 0.3) is 0 Å². The molecular formula is C27H50N. The van der Waals surface area contributed by atoms with Crippen LogP contribution in [0.1, 0.15) is 123 Å². The van der Waals surface area contributed by atoms with Gasteiger partial charge in [0.1, 0.15) is 0 Å². The van der Waals surface area contributed by atoms with E-state index in [1.807, 2.05) is 0 Å². The molecule has 3 N–H and O–H groups in total. The second-order valence-electron chi connectivity index (χ2n) is 9.24. The van der Waals surface area contributed by atoms with E-state index in [-0.39, 0.29) is 6.15 Å². The lowest BCUT2D eigenvalue weighted by Crippen LogP contribution is -2.15. The van der Waals surface area contributed by atoms with E-state index in [0.717, 1.165) is 6.42 Å². The lowest BCUT2D eigenvalue weighted by atomic mass is 9.81. The molecule has 0 bridgehead atoms. The van der Waals surface area contributed by atoms with Crippen molar-refractivity contribution in [1.29, 1.82) is 0 Å². The molecule has 0 saturated carbocycles. The maximum atomic E-state index is 2.56. The Labute approximate surface area is 177 Å². The topological polar surface area (TPSA) is 35.0 Å². The Hall–Kier alpha value is -0.820. The van der Waals surface area contributed by atoms with Gasteiger partial charge in [-0.25, -0.2) is 0 Å². The first-order chi connectivity index (χ1) is 13.1. The van der Waals surface area contributed by atoms with Gasteiger partial charge in [0.2, 0.25) is 0 Å². The van der Waals surface area contributed by atoms with Crippen molar-refractivity contribution in [2.75, 3.05) is 0 Å². The summed E-state index contributed by atoms with van der Waals surface area (Å²) in [6.07, 6.45) is 25.2. The first-order valence-electron chi connectivity index (χ1n) is 12.0.